The second-order valence-corrected chi connectivity index (χ2v) is 5.51. The van der Waals surface area contributed by atoms with Crippen molar-refractivity contribution in [1.82, 2.24) is 0 Å². The van der Waals surface area contributed by atoms with Gasteiger partial charge in [0.1, 0.15) is 11.9 Å². The van der Waals surface area contributed by atoms with Crippen molar-refractivity contribution in [2.45, 2.75) is 50.2 Å². The Morgan fingerprint density at radius 2 is 2.00 bits per heavy atom. The van der Waals surface area contributed by atoms with Crippen molar-refractivity contribution in [2.75, 3.05) is 12.3 Å². The second kappa shape index (κ2) is 4.81. The monoisotopic (exact) mass is 247 g/mol. The molecule has 1 aromatic rings. The Kier molecular flexibility index (Phi) is 3.16. The maximum Gasteiger partial charge on any atom is 0.142 e. The summed E-state index contributed by atoms with van der Waals surface area (Å²) in [5.74, 6) is 0.817. The van der Waals surface area contributed by atoms with Gasteiger partial charge in [-0.25, -0.2) is 0 Å². The van der Waals surface area contributed by atoms with Gasteiger partial charge in [0.15, 0.2) is 0 Å². The highest BCUT2D eigenvalue weighted by Crippen LogP contribution is 2.41. The second-order valence-electron chi connectivity index (χ2n) is 5.51. The van der Waals surface area contributed by atoms with Crippen molar-refractivity contribution in [1.29, 1.82) is 0 Å². The minimum atomic E-state index is 0.104. The van der Waals surface area contributed by atoms with Crippen LogP contribution in [0.5, 0.6) is 5.75 Å². The van der Waals surface area contributed by atoms with Gasteiger partial charge in [0.25, 0.3) is 0 Å². The predicted molar refractivity (Wildman–Crippen MR) is 71.7 cm³/mol. The fourth-order valence-corrected chi connectivity index (χ4v) is 3.22. The number of anilines is 1. The van der Waals surface area contributed by atoms with Gasteiger partial charge in [-0.3, -0.25) is 0 Å². The zero-order chi connectivity index (χ0) is 12.4. The molecule has 18 heavy (non-hydrogen) atoms. The minimum Gasteiger partial charge on any atom is -0.488 e. The summed E-state index contributed by atoms with van der Waals surface area (Å²) in [5, 5.41) is 0. The van der Waals surface area contributed by atoms with Crippen LogP contribution in [-0.2, 0) is 4.74 Å². The molecule has 0 amide bonds. The van der Waals surface area contributed by atoms with Crippen LogP contribution < -0.4 is 10.5 Å². The number of nitrogen functional groups attached to an aromatic ring is 1. The molecule has 98 valence electrons. The van der Waals surface area contributed by atoms with Crippen LogP contribution in [0.25, 0.3) is 0 Å². The highest BCUT2D eigenvalue weighted by Gasteiger charge is 2.40. The maximum atomic E-state index is 6.07. The SMILES string of the molecule is Nc1ccccc1OC1CCOC2(CCCC2)C1. The summed E-state index contributed by atoms with van der Waals surface area (Å²) in [4.78, 5) is 0. The van der Waals surface area contributed by atoms with Gasteiger partial charge in [-0.05, 0) is 25.0 Å². The first-order chi connectivity index (χ1) is 8.77. The fraction of sp³-hybridized carbons (Fsp3) is 0.600. The number of benzene rings is 1. The number of para-hydroxylation sites is 2. The fourth-order valence-electron chi connectivity index (χ4n) is 3.22. The lowest BCUT2D eigenvalue weighted by Gasteiger charge is -2.38. The molecule has 2 aliphatic rings. The first-order valence-electron chi connectivity index (χ1n) is 6.93. The third kappa shape index (κ3) is 2.32. The largest absolute Gasteiger partial charge is 0.488 e. The van der Waals surface area contributed by atoms with Crippen molar-refractivity contribution in [3.8, 4) is 5.75 Å². The van der Waals surface area contributed by atoms with E-state index in [0.717, 1.165) is 30.9 Å². The highest BCUT2D eigenvalue weighted by molar-refractivity contribution is 5.51. The standard InChI is InChI=1S/C15H21NO2/c16-13-5-1-2-6-14(13)18-12-7-10-17-15(11-12)8-3-4-9-15/h1-2,5-6,12H,3-4,7-11,16H2. The minimum absolute atomic E-state index is 0.104. The summed E-state index contributed by atoms with van der Waals surface area (Å²) < 4.78 is 12.1. The predicted octanol–water partition coefficient (Wildman–Crippen LogP) is 3.14. The van der Waals surface area contributed by atoms with Crippen LogP contribution in [0.1, 0.15) is 38.5 Å². The Hall–Kier alpha value is -1.22. The Morgan fingerprint density at radius 3 is 2.78 bits per heavy atom. The molecular formula is C15H21NO2. The molecule has 1 saturated carbocycles. The molecule has 2 N–H and O–H groups in total. The normalized spacial score (nSPS) is 26.3. The van der Waals surface area contributed by atoms with Crippen molar-refractivity contribution < 1.29 is 9.47 Å². The van der Waals surface area contributed by atoms with Crippen LogP contribution in [0.4, 0.5) is 5.69 Å². The van der Waals surface area contributed by atoms with E-state index in [4.69, 9.17) is 15.2 Å². The average Bonchev–Trinajstić information content (AvgIpc) is 2.80. The van der Waals surface area contributed by atoms with E-state index in [1.807, 2.05) is 24.3 Å². The molecule has 3 heteroatoms. The van der Waals surface area contributed by atoms with Crippen LogP contribution in [0, 0.1) is 0 Å². The van der Waals surface area contributed by atoms with E-state index in [9.17, 15) is 0 Å². The third-order valence-electron chi connectivity index (χ3n) is 4.18. The van der Waals surface area contributed by atoms with Crippen LogP contribution >= 0.6 is 0 Å². The summed E-state index contributed by atoms with van der Waals surface area (Å²) in [6.45, 7) is 0.817. The molecule has 3 nitrogen and oxygen atoms in total. The number of hydrogen-bond acceptors (Lipinski definition) is 3. The lowest BCUT2D eigenvalue weighted by Crippen LogP contribution is -2.41. The molecule has 1 spiro atoms. The highest BCUT2D eigenvalue weighted by atomic mass is 16.5. The van der Waals surface area contributed by atoms with E-state index in [1.165, 1.54) is 25.7 Å². The maximum absolute atomic E-state index is 6.07. The van der Waals surface area contributed by atoms with Crippen molar-refractivity contribution in [3.05, 3.63) is 24.3 Å². The molecule has 1 saturated heterocycles. The zero-order valence-corrected chi connectivity index (χ0v) is 10.7. The van der Waals surface area contributed by atoms with E-state index in [2.05, 4.69) is 0 Å². The van der Waals surface area contributed by atoms with E-state index < -0.39 is 0 Å². The molecule has 1 unspecified atom stereocenters. The van der Waals surface area contributed by atoms with Gasteiger partial charge in [-0.15, -0.1) is 0 Å². The molecule has 1 heterocycles. The lowest BCUT2D eigenvalue weighted by atomic mass is 9.90. The Balaban J connectivity index is 1.68. The smallest absolute Gasteiger partial charge is 0.142 e. The zero-order valence-electron chi connectivity index (χ0n) is 10.7. The molecule has 1 atom stereocenters. The topological polar surface area (TPSA) is 44.5 Å². The summed E-state index contributed by atoms with van der Waals surface area (Å²) in [6.07, 6.45) is 7.20. The van der Waals surface area contributed by atoms with Crippen molar-refractivity contribution >= 4 is 5.69 Å². The van der Waals surface area contributed by atoms with Gasteiger partial charge < -0.3 is 15.2 Å². The average molecular weight is 247 g/mol. The summed E-state index contributed by atoms with van der Waals surface area (Å²) in [6, 6.07) is 7.74. The number of ether oxygens (including phenoxy) is 2. The molecule has 0 aromatic heterocycles. The first-order valence-corrected chi connectivity index (χ1v) is 6.93. The van der Waals surface area contributed by atoms with Crippen LogP contribution in [0.2, 0.25) is 0 Å². The van der Waals surface area contributed by atoms with E-state index in [1.54, 1.807) is 0 Å². The van der Waals surface area contributed by atoms with Gasteiger partial charge in [0.05, 0.1) is 17.9 Å². The molecule has 1 aliphatic carbocycles. The van der Waals surface area contributed by atoms with Crippen LogP contribution in [-0.4, -0.2) is 18.3 Å². The van der Waals surface area contributed by atoms with Gasteiger partial charge in [0.2, 0.25) is 0 Å². The lowest BCUT2D eigenvalue weighted by molar-refractivity contribution is -0.108. The van der Waals surface area contributed by atoms with E-state index >= 15 is 0 Å². The molecule has 2 fully saturated rings. The van der Waals surface area contributed by atoms with Crippen LogP contribution in [0.3, 0.4) is 0 Å². The summed E-state index contributed by atoms with van der Waals surface area (Å²) in [7, 11) is 0. The Morgan fingerprint density at radius 1 is 1.22 bits per heavy atom. The quantitative estimate of drug-likeness (QED) is 0.816. The van der Waals surface area contributed by atoms with Crippen molar-refractivity contribution in [3.63, 3.8) is 0 Å². The molecule has 1 aliphatic heterocycles. The van der Waals surface area contributed by atoms with Gasteiger partial charge in [-0.2, -0.15) is 0 Å². The number of nitrogens with two attached hydrogens (primary N) is 1. The van der Waals surface area contributed by atoms with Crippen LogP contribution in [0.15, 0.2) is 24.3 Å². The first kappa shape index (κ1) is 11.8. The Bertz CT molecular complexity index is 413. The molecule has 3 rings (SSSR count). The van der Waals surface area contributed by atoms with Gasteiger partial charge in [0, 0.05) is 12.8 Å². The van der Waals surface area contributed by atoms with Gasteiger partial charge in [-0.1, -0.05) is 25.0 Å². The number of hydrogen-bond donors (Lipinski definition) is 1. The van der Waals surface area contributed by atoms with Gasteiger partial charge >= 0.3 is 0 Å². The summed E-state index contributed by atoms with van der Waals surface area (Å²) in [5.41, 5.74) is 6.76. The van der Waals surface area contributed by atoms with E-state index in [0.29, 0.717) is 0 Å². The third-order valence-corrected chi connectivity index (χ3v) is 4.18. The molecular weight excluding hydrogens is 226 g/mol. The molecule has 1 aromatic carbocycles. The van der Waals surface area contributed by atoms with E-state index in [-0.39, 0.29) is 11.7 Å². The summed E-state index contributed by atoms with van der Waals surface area (Å²) >= 11 is 0. The number of rotatable bonds is 2. The Labute approximate surface area is 108 Å². The van der Waals surface area contributed by atoms with Crippen molar-refractivity contribution in [2.24, 2.45) is 0 Å². The molecule has 0 bridgehead atoms. The molecule has 0 radical (unpaired) electrons.